The van der Waals surface area contributed by atoms with E-state index in [2.05, 4.69) is 173 Å². The van der Waals surface area contributed by atoms with Gasteiger partial charge in [0, 0.05) is 38.4 Å². The molecule has 3 heteroatoms. The first-order chi connectivity index (χ1) is 23.3. The van der Waals surface area contributed by atoms with Crippen molar-refractivity contribution in [3.63, 3.8) is 0 Å². The van der Waals surface area contributed by atoms with E-state index in [4.69, 9.17) is 4.42 Å². The maximum absolute atomic E-state index is 6.71. The lowest BCUT2D eigenvalue weighted by atomic mass is 10.0. The zero-order chi connectivity index (χ0) is 30.9. The summed E-state index contributed by atoms with van der Waals surface area (Å²) in [6.07, 6.45) is 0. The number of hydrogen-bond donors (Lipinski definition) is 0. The molecule has 0 aliphatic rings. The molecule has 0 N–H and O–H groups in total. The Balaban J connectivity index is 1.24. The van der Waals surface area contributed by atoms with Crippen LogP contribution in [0.4, 0.5) is 0 Å². The summed E-state index contributed by atoms with van der Waals surface area (Å²) in [5, 5.41) is 5.98. The summed E-state index contributed by atoms with van der Waals surface area (Å²) in [6, 6.07) is 60.6. The van der Waals surface area contributed by atoms with Crippen LogP contribution in [0.3, 0.4) is 0 Å². The van der Waals surface area contributed by atoms with Crippen molar-refractivity contribution >= 4 is 54.8 Å². The van der Waals surface area contributed by atoms with Gasteiger partial charge in [-0.25, -0.2) is 0 Å². The van der Waals surface area contributed by atoms with Crippen LogP contribution in [0.25, 0.3) is 88.4 Å². The molecule has 7 aromatic carbocycles. The Morgan fingerprint density at radius 3 is 1.72 bits per heavy atom. The Labute approximate surface area is 271 Å². The van der Waals surface area contributed by atoms with Gasteiger partial charge in [0.25, 0.3) is 0 Å². The van der Waals surface area contributed by atoms with Crippen LogP contribution < -0.4 is 0 Å². The summed E-state index contributed by atoms with van der Waals surface area (Å²) >= 11 is 0. The highest BCUT2D eigenvalue weighted by Crippen LogP contribution is 2.44. The minimum atomic E-state index is 0.860. The minimum Gasteiger partial charge on any atom is -0.439 e. The van der Waals surface area contributed by atoms with Crippen LogP contribution in [0.5, 0.6) is 0 Å². The lowest BCUT2D eigenvalue weighted by Crippen LogP contribution is -1.98. The quantitative estimate of drug-likeness (QED) is 0.197. The largest absolute Gasteiger partial charge is 0.439 e. The van der Waals surface area contributed by atoms with E-state index >= 15 is 0 Å². The number of rotatable bonds is 4. The molecule has 0 atom stereocenters. The fourth-order valence-electron chi connectivity index (χ4n) is 7.52. The molecule has 10 aromatic rings. The highest BCUT2D eigenvalue weighted by atomic mass is 16.3. The molecule has 47 heavy (non-hydrogen) atoms. The molecule has 0 aliphatic carbocycles. The molecule has 220 valence electrons. The summed E-state index contributed by atoms with van der Waals surface area (Å²) in [7, 11) is 0. The van der Waals surface area contributed by atoms with Gasteiger partial charge in [0.1, 0.15) is 5.58 Å². The van der Waals surface area contributed by atoms with Crippen molar-refractivity contribution in [3.05, 3.63) is 170 Å². The summed E-state index contributed by atoms with van der Waals surface area (Å²) in [6.45, 7) is 0. The van der Waals surface area contributed by atoms with Crippen LogP contribution in [0, 0.1) is 0 Å². The highest BCUT2D eigenvalue weighted by molar-refractivity contribution is 6.22. The molecular formula is C44H28N2O. The third kappa shape index (κ3) is 3.81. The molecule has 3 nitrogen and oxygen atoms in total. The van der Waals surface area contributed by atoms with Crippen LogP contribution in [0.2, 0.25) is 0 Å². The normalized spacial score (nSPS) is 11.8. The SMILES string of the molecule is c1ccc(-c2ccccc2-n2c3oc4ccccc4c3c3cccc(-c4ccc(-n5c6ccccc6c6ccccc65)cc4)c32)cc1. The van der Waals surface area contributed by atoms with E-state index in [9.17, 15) is 0 Å². The van der Waals surface area contributed by atoms with E-state index in [0.717, 1.165) is 55.7 Å². The first kappa shape index (κ1) is 26.0. The number of fused-ring (bicyclic) bond motifs is 8. The van der Waals surface area contributed by atoms with Gasteiger partial charge in [0.2, 0.25) is 5.71 Å². The Morgan fingerprint density at radius 1 is 0.383 bits per heavy atom. The summed E-state index contributed by atoms with van der Waals surface area (Å²) in [5.74, 6) is 0. The third-order valence-electron chi connectivity index (χ3n) is 9.56. The van der Waals surface area contributed by atoms with Crippen molar-refractivity contribution in [1.29, 1.82) is 0 Å². The van der Waals surface area contributed by atoms with Gasteiger partial charge < -0.3 is 8.98 Å². The average molecular weight is 601 g/mol. The minimum absolute atomic E-state index is 0.860. The highest BCUT2D eigenvalue weighted by Gasteiger charge is 2.23. The van der Waals surface area contributed by atoms with Gasteiger partial charge in [-0.1, -0.05) is 133 Å². The number of para-hydroxylation sites is 5. The van der Waals surface area contributed by atoms with E-state index < -0.39 is 0 Å². The smallest absolute Gasteiger partial charge is 0.213 e. The maximum atomic E-state index is 6.71. The van der Waals surface area contributed by atoms with Gasteiger partial charge in [0.15, 0.2) is 0 Å². The summed E-state index contributed by atoms with van der Waals surface area (Å²) in [4.78, 5) is 0. The standard InChI is InChI=1S/C44H28N2O/c1-2-13-29(14-3-1)32-15-4-8-21-38(32)46-43-33(19-12-20-37(43)42-36-18-7-11-24-41(36)47-44(42)46)30-25-27-31(28-26-30)45-39-22-9-5-16-34(39)35-17-6-10-23-40(35)45/h1-28H. The first-order valence-corrected chi connectivity index (χ1v) is 16.0. The zero-order valence-electron chi connectivity index (χ0n) is 25.5. The summed E-state index contributed by atoms with van der Waals surface area (Å²) in [5.41, 5.74) is 12.2. The van der Waals surface area contributed by atoms with Gasteiger partial charge in [-0.05, 0) is 47.5 Å². The van der Waals surface area contributed by atoms with E-state index in [1.54, 1.807) is 0 Å². The second kappa shape index (κ2) is 10.1. The Kier molecular flexibility index (Phi) is 5.57. The molecule has 0 fully saturated rings. The molecule has 0 bridgehead atoms. The molecule has 0 saturated heterocycles. The van der Waals surface area contributed by atoms with Crippen molar-refractivity contribution in [2.45, 2.75) is 0 Å². The molecular weight excluding hydrogens is 572 g/mol. The van der Waals surface area contributed by atoms with Crippen LogP contribution in [0.15, 0.2) is 174 Å². The molecule has 0 radical (unpaired) electrons. The molecule has 0 aliphatic heterocycles. The Hall–Kier alpha value is -6.32. The van der Waals surface area contributed by atoms with Crippen molar-refractivity contribution in [1.82, 2.24) is 9.13 Å². The van der Waals surface area contributed by atoms with Crippen LogP contribution in [-0.2, 0) is 0 Å². The predicted octanol–water partition coefficient (Wildman–Crippen LogP) is 12.0. The van der Waals surface area contributed by atoms with E-state index in [1.165, 1.54) is 32.8 Å². The molecule has 3 heterocycles. The van der Waals surface area contributed by atoms with Crippen molar-refractivity contribution < 1.29 is 4.42 Å². The molecule has 10 rings (SSSR count). The monoisotopic (exact) mass is 600 g/mol. The predicted molar refractivity (Wildman–Crippen MR) is 196 cm³/mol. The van der Waals surface area contributed by atoms with Crippen molar-refractivity contribution in [2.24, 2.45) is 0 Å². The zero-order valence-corrected chi connectivity index (χ0v) is 25.5. The van der Waals surface area contributed by atoms with Gasteiger partial charge in [-0.15, -0.1) is 0 Å². The van der Waals surface area contributed by atoms with E-state index in [0.29, 0.717) is 0 Å². The lowest BCUT2D eigenvalue weighted by molar-refractivity contribution is 0.645. The second-order valence-corrected chi connectivity index (χ2v) is 12.1. The van der Waals surface area contributed by atoms with Crippen LogP contribution in [0.1, 0.15) is 0 Å². The summed E-state index contributed by atoms with van der Waals surface area (Å²) < 4.78 is 11.4. The topological polar surface area (TPSA) is 23.0 Å². The molecule has 3 aromatic heterocycles. The van der Waals surface area contributed by atoms with Crippen molar-refractivity contribution in [3.8, 4) is 33.6 Å². The molecule has 0 saturated carbocycles. The van der Waals surface area contributed by atoms with Gasteiger partial charge in [-0.2, -0.15) is 0 Å². The van der Waals surface area contributed by atoms with Gasteiger partial charge >= 0.3 is 0 Å². The third-order valence-corrected chi connectivity index (χ3v) is 9.56. The average Bonchev–Trinajstić information content (AvgIpc) is 3.79. The fourth-order valence-corrected chi connectivity index (χ4v) is 7.52. The van der Waals surface area contributed by atoms with E-state index in [1.807, 2.05) is 6.07 Å². The number of hydrogen-bond acceptors (Lipinski definition) is 1. The first-order valence-electron chi connectivity index (χ1n) is 16.0. The number of benzene rings is 7. The molecule has 0 unspecified atom stereocenters. The van der Waals surface area contributed by atoms with Crippen LogP contribution >= 0.6 is 0 Å². The van der Waals surface area contributed by atoms with Gasteiger partial charge in [-0.3, -0.25) is 4.57 Å². The Bertz CT molecular complexity index is 2720. The molecule has 0 amide bonds. The maximum Gasteiger partial charge on any atom is 0.213 e. The van der Waals surface area contributed by atoms with Gasteiger partial charge in [0.05, 0.1) is 27.6 Å². The number of furan rings is 1. The lowest BCUT2D eigenvalue weighted by Gasteiger charge is -2.15. The van der Waals surface area contributed by atoms with E-state index in [-0.39, 0.29) is 0 Å². The van der Waals surface area contributed by atoms with Crippen LogP contribution in [-0.4, -0.2) is 9.13 Å². The number of aromatic nitrogens is 2. The second-order valence-electron chi connectivity index (χ2n) is 12.1. The van der Waals surface area contributed by atoms with Crippen molar-refractivity contribution in [2.75, 3.05) is 0 Å². The Morgan fingerprint density at radius 2 is 0.957 bits per heavy atom. The molecule has 0 spiro atoms. The number of nitrogens with zero attached hydrogens (tertiary/aromatic N) is 2. The fraction of sp³-hybridized carbons (Fsp3) is 0.